The molecule has 0 atom stereocenters. The number of ketones is 1. The van der Waals surface area contributed by atoms with Gasteiger partial charge in [0.05, 0.1) is 0 Å². The number of amides is 1. The SMILES string of the molecule is C=C(C)N1CCN(C(=O)CCCCCCC(=O)C(C)C)CC1. The second-order valence-electron chi connectivity index (χ2n) is 6.64. The molecule has 1 amide bonds. The fraction of sp³-hybridized carbons (Fsp3) is 0.778. The summed E-state index contributed by atoms with van der Waals surface area (Å²) in [7, 11) is 0. The number of Topliss-reactive ketones (excluding diaryl/α,β-unsaturated/α-hetero) is 1. The highest BCUT2D eigenvalue weighted by Crippen LogP contribution is 2.12. The summed E-state index contributed by atoms with van der Waals surface area (Å²) < 4.78 is 0. The second-order valence-corrected chi connectivity index (χ2v) is 6.64. The maximum absolute atomic E-state index is 12.1. The van der Waals surface area contributed by atoms with Crippen molar-refractivity contribution in [2.75, 3.05) is 26.2 Å². The van der Waals surface area contributed by atoms with Gasteiger partial charge in [0.25, 0.3) is 0 Å². The molecule has 0 bridgehead atoms. The zero-order valence-electron chi connectivity index (χ0n) is 14.6. The van der Waals surface area contributed by atoms with Crippen LogP contribution in [-0.2, 0) is 9.59 Å². The van der Waals surface area contributed by atoms with Crippen molar-refractivity contribution in [3.63, 3.8) is 0 Å². The number of hydrogen-bond donors (Lipinski definition) is 0. The van der Waals surface area contributed by atoms with Gasteiger partial charge in [-0.1, -0.05) is 33.3 Å². The molecule has 1 fully saturated rings. The van der Waals surface area contributed by atoms with Gasteiger partial charge in [0.1, 0.15) is 5.78 Å². The number of allylic oxidation sites excluding steroid dienone is 1. The van der Waals surface area contributed by atoms with E-state index in [4.69, 9.17) is 0 Å². The van der Waals surface area contributed by atoms with Gasteiger partial charge in [0, 0.05) is 50.6 Å². The monoisotopic (exact) mass is 308 g/mol. The van der Waals surface area contributed by atoms with E-state index in [2.05, 4.69) is 11.5 Å². The van der Waals surface area contributed by atoms with Crippen LogP contribution in [0.1, 0.15) is 59.3 Å². The Balaban J connectivity index is 2.07. The van der Waals surface area contributed by atoms with Crippen LogP contribution in [0.3, 0.4) is 0 Å². The van der Waals surface area contributed by atoms with Crippen LogP contribution in [0, 0.1) is 5.92 Å². The molecule has 0 spiro atoms. The Morgan fingerprint density at radius 3 is 1.91 bits per heavy atom. The molecule has 0 aliphatic carbocycles. The summed E-state index contributed by atoms with van der Waals surface area (Å²) in [5, 5.41) is 0. The van der Waals surface area contributed by atoms with Gasteiger partial charge < -0.3 is 9.80 Å². The lowest BCUT2D eigenvalue weighted by molar-refractivity contribution is -0.132. The average molecular weight is 308 g/mol. The van der Waals surface area contributed by atoms with E-state index >= 15 is 0 Å². The van der Waals surface area contributed by atoms with E-state index in [1.54, 1.807) is 0 Å². The standard InChI is InChI=1S/C18H32N2O2/c1-15(2)17(21)9-7-5-6-8-10-18(22)20-13-11-19(12-14-20)16(3)4/h15H,3,5-14H2,1-2,4H3. The fourth-order valence-corrected chi connectivity index (χ4v) is 2.71. The van der Waals surface area contributed by atoms with Crippen molar-refractivity contribution in [1.29, 1.82) is 0 Å². The van der Waals surface area contributed by atoms with Crippen LogP contribution in [0.25, 0.3) is 0 Å². The van der Waals surface area contributed by atoms with E-state index in [1.165, 1.54) is 0 Å². The van der Waals surface area contributed by atoms with Crippen molar-refractivity contribution in [2.45, 2.75) is 59.3 Å². The quantitative estimate of drug-likeness (QED) is 0.614. The Bertz CT molecular complexity index is 383. The Hall–Kier alpha value is -1.32. The van der Waals surface area contributed by atoms with Gasteiger partial charge in [-0.25, -0.2) is 0 Å². The van der Waals surface area contributed by atoms with Crippen LogP contribution in [0.2, 0.25) is 0 Å². The van der Waals surface area contributed by atoms with Crippen molar-refractivity contribution in [3.8, 4) is 0 Å². The van der Waals surface area contributed by atoms with Crippen LogP contribution >= 0.6 is 0 Å². The van der Waals surface area contributed by atoms with Gasteiger partial charge >= 0.3 is 0 Å². The molecular formula is C18H32N2O2. The Labute approximate surface area is 135 Å². The molecule has 0 radical (unpaired) electrons. The third-order valence-electron chi connectivity index (χ3n) is 4.38. The zero-order valence-corrected chi connectivity index (χ0v) is 14.6. The second kappa shape index (κ2) is 9.65. The molecule has 0 aromatic rings. The van der Waals surface area contributed by atoms with Gasteiger partial charge in [-0.3, -0.25) is 9.59 Å². The lowest BCUT2D eigenvalue weighted by Gasteiger charge is -2.36. The molecular weight excluding hydrogens is 276 g/mol. The summed E-state index contributed by atoms with van der Waals surface area (Å²) in [5.74, 6) is 0.783. The van der Waals surface area contributed by atoms with Gasteiger partial charge in [-0.15, -0.1) is 0 Å². The van der Waals surface area contributed by atoms with E-state index in [-0.39, 0.29) is 11.8 Å². The molecule has 1 aliphatic rings. The van der Waals surface area contributed by atoms with E-state index in [0.29, 0.717) is 18.6 Å². The Kier molecular flexibility index (Phi) is 8.21. The molecule has 4 heteroatoms. The third-order valence-corrected chi connectivity index (χ3v) is 4.38. The first-order valence-electron chi connectivity index (χ1n) is 8.62. The van der Waals surface area contributed by atoms with Gasteiger partial charge in [-0.2, -0.15) is 0 Å². The van der Waals surface area contributed by atoms with Crippen LogP contribution in [0.15, 0.2) is 12.3 Å². The number of carbonyl (C=O) groups excluding carboxylic acids is 2. The summed E-state index contributed by atoms with van der Waals surface area (Å²) >= 11 is 0. The molecule has 1 saturated heterocycles. The summed E-state index contributed by atoms with van der Waals surface area (Å²) in [5.41, 5.74) is 1.09. The van der Waals surface area contributed by atoms with Crippen molar-refractivity contribution < 1.29 is 9.59 Å². The lowest BCUT2D eigenvalue weighted by atomic mass is 10.0. The van der Waals surface area contributed by atoms with Gasteiger partial charge in [-0.05, 0) is 19.8 Å². The molecule has 1 heterocycles. The average Bonchev–Trinajstić information content (AvgIpc) is 2.50. The summed E-state index contributed by atoms with van der Waals surface area (Å²) in [4.78, 5) is 27.8. The van der Waals surface area contributed by atoms with E-state index in [0.717, 1.165) is 57.6 Å². The topological polar surface area (TPSA) is 40.6 Å². The number of nitrogens with zero attached hydrogens (tertiary/aromatic N) is 2. The van der Waals surface area contributed by atoms with Crippen molar-refractivity contribution in [2.24, 2.45) is 5.92 Å². The number of piperazine rings is 1. The molecule has 1 aliphatic heterocycles. The van der Waals surface area contributed by atoms with Crippen molar-refractivity contribution in [3.05, 3.63) is 12.3 Å². The number of hydrogen-bond acceptors (Lipinski definition) is 3. The molecule has 0 aromatic heterocycles. The zero-order chi connectivity index (χ0) is 16.5. The Morgan fingerprint density at radius 2 is 1.41 bits per heavy atom. The molecule has 0 aromatic carbocycles. The number of unbranched alkanes of at least 4 members (excludes halogenated alkanes) is 3. The smallest absolute Gasteiger partial charge is 0.222 e. The normalized spacial score (nSPS) is 15.3. The number of rotatable bonds is 9. The van der Waals surface area contributed by atoms with Crippen molar-refractivity contribution in [1.82, 2.24) is 9.80 Å². The minimum Gasteiger partial charge on any atom is -0.372 e. The molecule has 4 nitrogen and oxygen atoms in total. The van der Waals surface area contributed by atoms with E-state index < -0.39 is 0 Å². The third kappa shape index (κ3) is 6.63. The Morgan fingerprint density at radius 1 is 0.909 bits per heavy atom. The van der Waals surface area contributed by atoms with E-state index in [1.807, 2.05) is 25.7 Å². The fourth-order valence-electron chi connectivity index (χ4n) is 2.71. The molecule has 1 rings (SSSR count). The maximum atomic E-state index is 12.1. The van der Waals surface area contributed by atoms with E-state index in [9.17, 15) is 9.59 Å². The lowest BCUT2D eigenvalue weighted by Crippen LogP contribution is -2.47. The molecule has 126 valence electrons. The van der Waals surface area contributed by atoms with Crippen molar-refractivity contribution >= 4 is 11.7 Å². The predicted molar refractivity (Wildman–Crippen MR) is 90.5 cm³/mol. The highest BCUT2D eigenvalue weighted by molar-refractivity contribution is 5.80. The maximum Gasteiger partial charge on any atom is 0.222 e. The minimum absolute atomic E-state index is 0.152. The highest BCUT2D eigenvalue weighted by Gasteiger charge is 2.20. The van der Waals surface area contributed by atoms with Crippen LogP contribution in [0.5, 0.6) is 0 Å². The highest BCUT2D eigenvalue weighted by atomic mass is 16.2. The first-order valence-corrected chi connectivity index (χ1v) is 8.62. The van der Waals surface area contributed by atoms with Crippen LogP contribution < -0.4 is 0 Å². The summed E-state index contributed by atoms with van der Waals surface area (Å²) in [6, 6.07) is 0. The van der Waals surface area contributed by atoms with Gasteiger partial charge in [0.15, 0.2) is 0 Å². The first-order chi connectivity index (χ1) is 10.4. The molecule has 0 N–H and O–H groups in total. The number of carbonyl (C=O) groups is 2. The summed E-state index contributed by atoms with van der Waals surface area (Å²) in [6.07, 6.45) is 5.33. The predicted octanol–water partition coefficient (Wildman–Crippen LogP) is 3.23. The summed E-state index contributed by atoms with van der Waals surface area (Å²) in [6.45, 7) is 13.3. The first kappa shape index (κ1) is 18.7. The molecule has 22 heavy (non-hydrogen) atoms. The minimum atomic E-state index is 0.152. The largest absolute Gasteiger partial charge is 0.372 e. The van der Waals surface area contributed by atoms with Crippen LogP contribution in [0.4, 0.5) is 0 Å². The van der Waals surface area contributed by atoms with Gasteiger partial charge in [0.2, 0.25) is 5.91 Å². The molecule has 0 saturated carbocycles. The molecule has 0 unspecified atom stereocenters. The van der Waals surface area contributed by atoms with Crippen LogP contribution in [-0.4, -0.2) is 47.7 Å².